The van der Waals surface area contributed by atoms with Crippen molar-refractivity contribution in [2.24, 2.45) is 5.73 Å². The molecule has 0 bridgehead atoms. The van der Waals surface area contributed by atoms with Crippen LogP contribution in [-0.4, -0.2) is 36.1 Å². The standard InChI is InChI=1S/C8H17N3O3S/c9-5-7(12)10-4-2-1-3-6(11-15)8(13)14/h6,11,15H,1-5,9H2,(H,10,12)(H,13,14)/t6-/m0/s1. The highest BCUT2D eigenvalue weighted by Gasteiger charge is 2.13. The van der Waals surface area contributed by atoms with Crippen molar-refractivity contribution in [2.45, 2.75) is 25.3 Å². The number of hydrogen-bond acceptors (Lipinski definition) is 5. The van der Waals surface area contributed by atoms with E-state index < -0.39 is 12.0 Å². The van der Waals surface area contributed by atoms with Crippen LogP contribution in [0.4, 0.5) is 0 Å². The molecule has 0 saturated heterocycles. The molecule has 0 aromatic heterocycles. The maximum Gasteiger partial charge on any atom is 0.321 e. The third-order valence-electron chi connectivity index (χ3n) is 1.88. The van der Waals surface area contributed by atoms with Gasteiger partial charge in [0, 0.05) is 6.54 Å². The summed E-state index contributed by atoms with van der Waals surface area (Å²) in [5.74, 6) is -1.12. The second kappa shape index (κ2) is 8.51. The van der Waals surface area contributed by atoms with E-state index in [4.69, 9.17) is 10.8 Å². The van der Waals surface area contributed by atoms with Crippen molar-refractivity contribution in [2.75, 3.05) is 13.1 Å². The zero-order chi connectivity index (χ0) is 11.7. The Morgan fingerprint density at radius 1 is 1.40 bits per heavy atom. The van der Waals surface area contributed by atoms with Gasteiger partial charge >= 0.3 is 5.97 Å². The van der Waals surface area contributed by atoms with E-state index in [1.54, 1.807) is 0 Å². The Morgan fingerprint density at radius 2 is 2.07 bits per heavy atom. The lowest BCUT2D eigenvalue weighted by Gasteiger charge is -2.09. The maximum atomic E-state index is 10.7. The van der Waals surface area contributed by atoms with Crippen LogP contribution < -0.4 is 15.8 Å². The first-order valence-corrected chi connectivity index (χ1v) is 5.15. The summed E-state index contributed by atoms with van der Waals surface area (Å²) in [6, 6.07) is -0.640. The first kappa shape index (κ1) is 14.2. The Hall–Kier alpha value is -0.790. The lowest BCUT2D eigenvalue weighted by molar-refractivity contribution is -0.139. The predicted octanol–water partition coefficient (Wildman–Crippen LogP) is -0.881. The minimum atomic E-state index is -0.920. The van der Waals surface area contributed by atoms with Gasteiger partial charge in [0.25, 0.3) is 0 Å². The number of carboxylic acid groups (broad SMARTS) is 1. The topological polar surface area (TPSA) is 104 Å². The van der Waals surface area contributed by atoms with Gasteiger partial charge in [-0.05, 0) is 19.3 Å². The van der Waals surface area contributed by atoms with Crippen molar-refractivity contribution >= 4 is 24.7 Å². The van der Waals surface area contributed by atoms with Gasteiger partial charge in [-0.3, -0.25) is 14.3 Å². The first-order chi connectivity index (χ1) is 7.11. The molecular weight excluding hydrogens is 218 g/mol. The van der Waals surface area contributed by atoms with Crippen LogP contribution in [-0.2, 0) is 9.59 Å². The molecule has 0 rings (SSSR count). The van der Waals surface area contributed by atoms with Gasteiger partial charge in [-0.15, -0.1) is 0 Å². The normalized spacial score (nSPS) is 12.1. The lowest BCUT2D eigenvalue weighted by Crippen LogP contribution is -2.32. The summed E-state index contributed by atoms with van der Waals surface area (Å²) in [5.41, 5.74) is 5.09. The maximum absolute atomic E-state index is 10.7. The summed E-state index contributed by atoms with van der Waals surface area (Å²) in [5, 5.41) is 11.3. The molecule has 0 spiro atoms. The number of aliphatic carboxylic acids is 1. The van der Waals surface area contributed by atoms with E-state index in [1.165, 1.54) is 0 Å². The minimum Gasteiger partial charge on any atom is -0.480 e. The second-order valence-electron chi connectivity index (χ2n) is 3.07. The Balaban J connectivity index is 3.45. The number of unbranched alkanes of at least 4 members (excludes halogenated alkanes) is 1. The second-order valence-corrected chi connectivity index (χ2v) is 3.33. The highest BCUT2D eigenvalue weighted by Crippen LogP contribution is 2.01. The van der Waals surface area contributed by atoms with Crippen molar-refractivity contribution in [3.63, 3.8) is 0 Å². The molecule has 0 heterocycles. The van der Waals surface area contributed by atoms with Crippen LogP contribution in [0.25, 0.3) is 0 Å². The van der Waals surface area contributed by atoms with Crippen molar-refractivity contribution in [3.8, 4) is 0 Å². The van der Waals surface area contributed by atoms with Crippen LogP contribution in [0.1, 0.15) is 19.3 Å². The zero-order valence-corrected chi connectivity index (χ0v) is 9.30. The fraction of sp³-hybridized carbons (Fsp3) is 0.750. The number of thiol groups is 1. The van der Waals surface area contributed by atoms with Crippen LogP contribution in [0, 0.1) is 0 Å². The van der Waals surface area contributed by atoms with Crippen LogP contribution in [0.2, 0.25) is 0 Å². The summed E-state index contributed by atoms with van der Waals surface area (Å²) in [7, 11) is 0. The molecule has 0 unspecified atom stereocenters. The highest BCUT2D eigenvalue weighted by atomic mass is 32.1. The van der Waals surface area contributed by atoms with Gasteiger partial charge < -0.3 is 16.2 Å². The van der Waals surface area contributed by atoms with Crippen molar-refractivity contribution < 1.29 is 14.7 Å². The average molecular weight is 235 g/mol. The van der Waals surface area contributed by atoms with Gasteiger partial charge in [0.05, 0.1) is 6.54 Å². The monoisotopic (exact) mass is 235 g/mol. The van der Waals surface area contributed by atoms with Gasteiger partial charge in [-0.2, -0.15) is 0 Å². The summed E-state index contributed by atoms with van der Waals surface area (Å²) >= 11 is 3.71. The van der Waals surface area contributed by atoms with Crippen LogP contribution in [0.15, 0.2) is 0 Å². The minimum absolute atomic E-state index is 0.0179. The Bertz CT molecular complexity index is 213. The third kappa shape index (κ3) is 7.18. The van der Waals surface area contributed by atoms with Crippen LogP contribution in [0.3, 0.4) is 0 Å². The molecule has 0 aromatic carbocycles. The fourth-order valence-electron chi connectivity index (χ4n) is 1.02. The lowest BCUT2D eigenvalue weighted by atomic mass is 10.1. The molecule has 0 aliphatic carbocycles. The summed E-state index contributed by atoms with van der Waals surface area (Å²) in [6.45, 7) is 0.505. The van der Waals surface area contributed by atoms with Crippen molar-refractivity contribution in [1.82, 2.24) is 10.0 Å². The van der Waals surface area contributed by atoms with E-state index in [1.807, 2.05) is 0 Å². The summed E-state index contributed by atoms with van der Waals surface area (Å²) in [4.78, 5) is 21.3. The number of carboxylic acids is 1. The molecule has 7 heteroatoms. The quantitative estimate of drug-likeness (QED) is 0.277. The van der Waals surface area contributed by atoms with E-state index in [0.717, 1.165) is 6.42 Å². The molecule has 15 heavy (non-hydrogen) atoms. The molecule has 0 aromatic rings. The Labute approximate surface area is 94.1 Å². The van der Waals surface area contributed by atoms with E-state index >= 15 is 0 Å². The molecule has 6 nitrogen and oxygen atoms in total. The molecule has 88 valence electrons. The number of carbonyl (C=O) groups excluding carboxylic acids is 1. The molecule has 0 aliphatic heterocycles. The van der Waals surface area contributed by atoms with Gasteiger partial charge in [0.2, 0.25) is 5.91 Å². The highest BCUT2D eigenvalue weighted by molar-refractivity contribution is 7.78. The van der Waals surface area contributed by atoms with E-state index in [-0.39, 0.29) is 12.5 Å². The molecular formula is C8H17N3O3S. The van der Waals surface area contributed by atoms with Crippen molar-refractivity contribution in [1.29, 1.82) is 0 Å². The largest absolute Gasteiger partial charge is 0.480 e. The molecule has 5 N–H and O–H groups in total. The number of nitrogens with one attached hydrogen (secondary N) is 2. The number of rotatable bonds is 8. The Morgan fingerprint density at radius 3 is 2.53 bits per heavy atom. The van der Waals surface area contributed by atoms with Crippen molar-refractivity contribution in [3.05, 3.63) is 0 Å². The summed E-state index contributed by atoms with van der Waals surface area (Å²) < 4.78 is 2.40. The van der Waals surface area contributed by atoms with Gasteiger partial charge in [0.1, 0.15) is 6.04 Å². The van der Waals surface area contributed by atoms with Gasteiger partial charge in [0.15, 0.2) is 0 Å². The molecule has 0 fully saturated rings. The smallest absolute Gasteiger partial charge is 0.321 e. The number of carbonyl (C=O) groups is 2. The molecule has 0 aliphatic rings. The van der Waals surface area contributed by atoms with E-state index in [9.17, 15) is 9.59 Å². The van der Waals surface area contributed by atoms with Gasteiger partial charge in [-0.25, -0.2) is 0 Å². The number of nitrogens with two attached hydrogens (primary N) is 1. The predicted molar refractivity (Wildman–Crippen MR) is 59.5 cm³/mol. The molecule has 0 radical (unpaired) electrons. The molecule has 1 atom stereocenters. The molecule has 0 saturated carbocycles. The SMILES string of the molecule is NCC(=O)NCCCC[C@H](NS)C(=O)O. The number of hydrogen-bond donors (Lipinski definition) is 5. The summed E-state index contributed by atoms with van der Waals surface area (Å²) in [6.07, 6.45) is 1.91. The van der Waals surface area contributed by atoms with E-state index in [2.05, 4.69) is 22.9 Å². The average Bonchev–Trinajstić information content (AvgIpc) is 2.22. The first-order valence-electron chi connectivity index (χ1n) is 4.71. The van der Waals surface area contributed by atoms with Crippen LogP contribution in [0.5, 0.6) is 0 Å². The van der Waals surface area contributed by atoms with Gasteiger partial charge in [-0.1, -0.05) is 12.8 Å². The third-order valence-corrected chi connectivity index (χ3v) is 2.19. The number of amides is 1. The zero-order valence-electron chi connectivity index (χ0n) is 8.40. The fourth-order valence-corrected chi connectivity index (χ4v) is 1.26. The molecule has 1 amide bonds. The Kier molecular flexibility index (Phi) is 8.06. The van der Waals surface area contributed by atoms with E-state index in [0.29, 0.717) is 19.4 Å². The van der Waals surface area contributed by atoms with Crippen LogP contribution >= 0.6 is 12.8 Å².